The number of carbonyl (C=O) groups is 2. The van der Waals surface area contributed by atoms with Crippen molar-refractivity contribution in [3.63, 3.8) is 0 Å². The van der Waals surface area contributed by atoms with Crippen molar-refractivity contribution in [2.24, 2.45) is 0 Å². The number of carboxylic acid groups (broad SMARTS) is 2. The molecule has 4 heteroatoms. The van der Waals surface area contributed by atoms with Gasteiger partial charge < -0.3 is 10.2 Å². The summed E-state index contributed by atoms with van der Waals surface area (Å²) >= 11 is 0. The minimum absolute atomic E-state index is 0.275. The maximum absolute atomic E-state index is 11.0. The second-order valence-corrected chi connectivity index (χ2v) is 4.15. The normalized spacial score (nSPS) is 12.6. The Balaban J connectivity index is 4.56. The fourth-order valence-corrected chi connectivity index (χ4v) is 1.50. The maximum atomic E-state index is 11.0. The Morgan fingerprint density at radius 1 is 0.833 bits per heavy atom. The van der Waals surface area contributed by atoms with Crippen molar-refractivity contribution >= 4 is 11.9 Å². The van der Waals surface area contributed by atoms with Crippen LogP contribution >= 0.6 is 0 Å². The van der Waals surface area contributed by atoms with Crippen LogP contribution < -0.4 is 0 Å². The van der Waals surface area contributed by atoms with Crippen LogP contribution in [-0.4, -0.2) is 22.2 Å². The first-order chi connectivity index (χ1) is 8.52. The van der Waals surface area contributed by atoms with Gasteiger partial charge in [0.25, 0.3) is 0 Å². The lowest BCUT2D eigenvalue weighted by atomic mass is 10.0. The Hall–Kier alpha value is -1.58. The molecule has 4 nitrogen and oxygen atoms in total. The first-order valence-electron chi connectivity index (χ1n) is 6.37. The molecule has 0 spiro atoms. The first kappa shape index (κ1) is 16.4. The van der Waals surface area contributed by atoms with Gasteiger partial charge in [-0.3, -0.25) is 0 Å². The van der Waals surface area contributed by atoms with Gasteiger partial charge in [0.1, 0.15) is 0 Å². The molecule has 0 saturated heterocycles. The van der Waals surface area contributed by atoms with Crippen molar-refractivity contribution < 1.29 is 19.8 Å². The Morgan fingerprint density at radius 2 is 1.17 bits per heavy atom. The third-order valence-electron chi connectivity index (χ3n) is 2.57. The highest BCUT2D eigenvalue weighted by atomic mass is 16.4. The van der Waals surface area contributed by atoms with Gasteiger partial charge in [0.15, 0.2) is 0 Å². The molecule has 0 aromatic heterocycles. The predicted molar refractivity (Wildman–Crippen MR) is 70.5 cm³/mol. The van der Waals surface area contributed by atoms with E-state index in [1.807, 2.05) is 13.8 Å². The molecule has 102 valence electrons. The van der Waals surface area contributed by atoms with E-state index in [9.17, 15) is 9.59 Å². The van der Waals surface area contributed by atoms with Gasteiger partial charge in [-0.15, -0.1) is 0 Å². The van der Waals surface area contributed by atoms with Crippen LogP contribution in [0.15, 0.2) is 23.3 Å². The van der Waals surface area contributed by atoms with E-state index >= 15 is 0 Å². The van der Waals surface area contributed by atoms with Crippen LogP contribution in [0.1, 0.15) is 52.4 Å². The lowest BCUT2D eigenvalue weighted by Gasteiger charge is -2.04. The van der Waals surface area contributed by atoms with Gasteiger partial charge >= 0.3 is 11.9 Å². The summed E-state index contributed by atoms with van der Waals surface area (Å²) in [5.41, 5.74) is 0.612. The number of carboxylic acids is 2. The summed E-state index contributed by atoms with van der Waals surface area (Å²) in [6, 6.07) is 0. The number of aliphatic carboxylic acids is 2. The van der Waals surface area contributed by atoms with Crippen molar-refractivity contribution in [3.8, 4) is 0 Å². The topological polar surface area (TPSA) is 74.6 Å². The van der Waals surface area contributed by atoms with Crippen molar-refractivity contribution in [2.75, 3.05) is 0 Å². The molecule has 0 saturated carbocycles. The summed E-state index contributed by atoms with van der Waals surface area (Å²) in [5.74, 6) is -1.91. The number of rotatable bonds is 9. The predicted octanol–water partition coefficient (Wildman–Crippen LogP) is 3.39. The Bertz CT molecular complexity index is 306. The lowest BCUT2D eigenvalue weighted by Crippen LogP contribution is -2.05. The van der Waals surface area contributed by atoms with Crippen molar-refractivity contribution in [1.29, 1.82) is 0 Å². The Labute approximate surface area is 108 Å². The third kappa shape index (κ3) is 6.89. The van der Waals surface area contributed by atoms with E-state index in [0.29, 0.717) is 24.0 Å². The molecule has 0 atom stereocenters. The number of allylic oxidation sites excluding steroid dienone is 2. The lowest BCUT2D eigenvalue weighted by molar-refractivity contribution is -0.134. The van der Waals surface area contributed by atoms with Crippen molar-refractivity contribution in [3.05, 3.63) is 23.3 Å². The minimum Gasteiger partial charge on any atom is -0.478 e. The smallest absolute Gasteiger partial charge is 0.331 e. The minimum atomic E-state index is -0.955. The van der Waals surface area contributed by atoms with Crippen molar-refractivity contribution in [2.45, 2.75) is 52.4 Å². The Morgan fingerprint density at radius 3 is 1.39 bits per heavy atom. The molecule has 18 heavy (non-hydrogen) atoms. The molecule has 0 aromatic carbocycles. The van der Waals surface area contributed by atoms with Gasteiger partial charge in [0, 0.05) is 11.1 Å². The van der Waals surface area contributed by atoms with E-state index in [2.05, 4.69) is 0 Å². The third-order valence-corrected chi connectivity index (χ3v) is 2.57. The largest absolute Gasteiger partial charge is 0.478 e. The van der Waals surface area contributed by atoms with Crippen LogP contribution in [0.4, 0.5) is 0 Å². The van der Waals surface area contributed by atoms with Crippen LogP contribution in [0.5, 0.6) is 0 Å². The van der Waals surface area contributed by atoms with Gasteiger partial charge in [-0.25, -0.2) is 9.59 Å². The second kappa shape index (κ2) is 9.45. The van der Waals surface area contributed by atoms with Crippen LogP contribution in [0.3, 0.4) is 0 Å². The van der Waals surface area contributed by atoms with Gasteiger partial charge in [-0.1, -0.05) is 38.8 Å². The molecule has 0 fully saturated rings. The molecule has 0 radical (unpaired) electrons. The van der Waals surface area contributed by atoms with E-state index < -0.39 is 11.9 Å². The highest BCUT2D eigenvalue weighted by Gasteiger charge is 2.11. The van der Waals surface area contributed by atoms with E-state index in [0.717, 1.165) is 12.8 Å². The summed E-state index contributed by atoms with van der Waals surface area (Å²) in [7, 11) is 0. The number of unbranched alkanes of at least 4 members (excludes halogenated alkanes) is 2. The summed E-state index contributed by atoms with van der Waals surface area (Å²) in [6.45, 7) is 3.94. The molecule has 0 unspecified atom stereocenters. The van der Waals surface area contributed by atoms with Crippen LogP contribution in [0.2, 0.25) is 0 Å². The van der Waals surface area contributed by atoms with Crippen LogP contribution in [-0.2, 0) is 9.59 Å². The SMILES string of the molecule is CCCC=C(CCC(=CCCC)C(=O)O)C(=O)O. The molecular weight excluding hydrogens is 232 g/mol. The molecular formula is C14H22O4. The second-order valence-electron chi connectivity index (χ2n) is 4.15. The highest BCUT2D eigenvalue weighted by molar-refractivity contribution is 5.88. The zero-order valence-electron chi connectivity index (χ0n) is 11.1. The fraction of sp³-hybridized carbons (Fsp3) is 0.571. The van der Waals surface area contributed by atoms with Crippen LogP contribution in [0.25, 0.3) is 0 Å². The molecule has 0 rings (SSSR count). The highest BCUT2D eigenvalue weighted by Crippen LogP contribution is 2.14. The Kier molecular flexibility index (Phi) is 8.62. The fourth-order valence-electron chi connectivity index (χ4n) is 1.50. The molecule has 0 amide bonds. The standard InChI is InChI=1S/C14H22O4/c1-3-5-7-11(13(15)16)9-10-12(14(17)18)8-6-4-2/h7-8H,3-6,9-10H2,1-2H3,(H,15,16)(H,17,18). The van der Waals surface area contributed by atoms with E-state index in [4.69, 9.17) is 10.2 Å². The quantitative estimate of drug-likeness (QED) is 0.618. The maximum Gasteiger partial charge on any atom is 0.331 e. The molecule has 0 bridgehead atoms. The zero-order chi connectivity index (χ0) is 14.0. The summed E-state index contributed by atoms with van der Waals surface area (Å²) in [6.07, 6.45) is 7.10. The van der Waals surface area contributed by atoms with Gasteiger partial charge in [-0.05, 0) is 25.7 Å². The molecule has 0 heterocycles. The molecule has 0 aliphatic carbocycles. The summed E-state index contributed by atoms with van der Waals surface area (Å²) < 4.78 is 0. The first-order valence-corrected chi connectivity index (χ1v) is 6.37. The average molecular weight is 254 g/mol. The van der Waals surface area contributed by atoms with Crippen molar-refractivity contribution in [1.82, 2.24) is 0 Å². The van der Waals surface area contributed by atoms with Gasteiger partial charge in [-0.2, -0.15) is 0 Å². The monoisotopic (exact) mass is 254 g/mol. The average Bonchev–Trinajstić information content (AvgIpc) is 2.31. The van der Waals surface area contributed by atoms with Gasteiger partial charge in [0.2, 0.25) is 0 Å². The number of hydrogen-bond acceptors (Lipinski definition) is 2. The van der Waals surface area contributed by atoms with E-state index in [1.54, 1.807) is 12.2 Å². The zero-order valence-corrected chi connectivity index (χ0v) is 11.1. The molecule has 0 aromatic rings. The molecule has 0 aliphatic rings. The molecule has 0 aliphatic heterocycles. The van der Waals surface area contributed by atoms with E-state index in [1.165, 1.54) is 0 Å². The summed E-state index contributed by atoms with van der Waals surface area (Å²) in [4.78, 5) is 21.9. The van der Waals surface area contributed by atoms with Gasteiger partial charge in [0.05, 0.1) is 0 Å². The number of hydrogen-bond donors (Lipinski definition) is 2. The summed E-state index contributed by atoms with van der Waals surface area (Å²) in [5, 5.41) is 18.0. The van der Waals surface area contributed by atoms with E-state index in [-0.39, 0.29) is 12.8 Å². The van der Waals surface area contributed by atoms with Crippen LogP contribution in [0, 0.1) is 0 Å². The molecule has 2 N–H and O–H groups in total.